The van der Waals surface area contributed by atoms with E-state index in [4.69, 9.17) is 37.4 Å². The SMILES string of the molecule is COCCOCCOCCn1cnc(Cl)c(Cl)c1=O. The summed E-state index contributed by atoms with van der Waals surface area (Å²) in [4.78, 5) is 15.4. The Hall–Kier alpha value is -0.660. The van der Waals surface area contributed by atoms with E-state index in [0.717, 1.165) is 0 Å². The highest BCUT2D eigenvalue weighted by Crippen LogP contribution is 2.12. The Morgan fingerprint density at radius 1 is 1.16 bits per heavy atom. The van der Waals surface area contributed by atoms with Crippen molar-refractivity contribution < 1.29 is 14.2 Å². The van der Waals surface area contributed by atoms with Crippen LogP contribution < -0.4 is 5.56 Å². The van der Waals surface area contributed by atoms with Gasteiger partial charge in [-0.15, -0.1) is 0 Å². The van der Waals surface area contributed by atoms with E-state index >= 15 is 0 Å². The molecule has 108 valence electrons. The van der Waals surface area contributed by atoms with Crippen molar-refractivity contribution in [3.05, 3.63) is 26.9 Å². The Labute approximate surface area is 121 Å². The molecule has 0 spiro atoms. The summed E-state index contributed by atoms with van der Waals surface area (Å²) in [7, 11) is 1.61. The third-order valence-electron chi connectivity index (χ3n) is 2.22. The molecule has 1 aromatic heterocycles. The number of halogens is 2. The average molecular weight is 311 g/mol. The van der Waals surface area contributed by atoms with E-state index in [9.17, 15) is 4.79 Å². The van der Waals surface area contributed by atoms with E-state index in [2.05, 4.69) is 4.98 Å². The van der Waals surface area contributed by atoms with E-state index in [1.165, 1.54) is 10.9 Å². The van der Waals surface area contributed by atoms with Crippen LogP contribution in [0.25, 0.3) is 0 Å². The van der Waals surface area contributed by atoms with E-state index < -0.39 is 0 Å². The van der Waals surface area contributed by atoms with Crippen molar-refractivity contribution in [2.75, 3.05) is 40.1 Å². The Morgan fingerprint density at radius 3 is 2.47 bits per heavy atom. The molecule has 19 heavy (non-hydrogen) atoms. The number of hydrogen-bond acceptors (Lipinski definition) is 5. The molecule has 0 saturated heterocycles. The fourth-order valence-corrected chi connectivity index (χ4v) is 1.51. The van der Waals surface area contributed by atoms with Gasteiger partial charge in [0.25, 0.3) is 5.56 Å². The predicted octanol–water partition coefficient (Wildman–Crippen LogP) is 1.23. The maximum absolute atomic E-state index is 11.6. The first-order valence-electron chi connectivity index (χ1n) is 5.71. The highest BCUT2D eigenvalue weighted by Gasteiger charge is 2.06. The molecule has 1 aromatic rings. The van der Waals surface area contributed by atoms with Crippen molar-refractivity contribution in [2.24, 2.45) is 0 Å². The van der Waals surface area contributed by atoms with Crippen molar-refractivity contribution in [3.8, 4) is 0 Å². The van der Waals surface area contributed by atoms with Crippen LogP contribution in [0.1, 0.15) is 0 Å². The van der Waals surface area contributed by atoms with Gasteiger partial charge in [0.15, 0.2) is 5.15 Å². The van der Waals surface area contributed by atoms with Crippen LogP contribution in [0.2, 0.25) is 10.2 Å². The molecule has 0 aliphatic rings. The standard InChI is InChI=1S/C11H16Cl2N2O4/c1-17-4-5-19-7-6-18-3-2-15-8-14-10(13)9(12)11(15)16/h8H,2-7H2,1H3. The fourth-order valence-electron chi connectivity index (χ4n) is 1.23. The van der Waals surface area contributed by atoms with Gasteiger partial charge in [-0.3, -0.25) is 9.36 Å². The van der Waals surface area contributed by atoms with Crippen molar-refractivity contribution in [3.63, 3.8) is 0 Å². The van der Waals surface area contributed by atoms with Crippen LogP contribution in [-0.2, 0) is 20.8 Å². The molecule has 6 nitrogen and oxygen atoms in total. The number of methoxy groups -OCH3 is 1. The zero-order valence-electron chi connectivity index (χ0n) is 10.6. The fraction of sp³-hybridized carbons (Fsp3) is 0.636. The summed E-state index contributed by atoms with van der Waals surface area (Å²) < 4.78 is 16.7. The van der Waals surface area contributed by atoms with E-state index in [1.54, 1.807) is 7.11 Å². The van der Waals surface area contributed by atoms with Gasteiger partial charge in [0.05, 0.1) is 45.9 Å². The lowest BCUT2D eigenvalue weighted by atomic mass is 10.5. The third kappa shape index (κ3) is 5.88. The van der Waals surface area contributed by atoms with Crippen LogP contribution in [-0.4, -0.2) is 49.7 Å². The molecule has 0 unspecified atom stereocenters. The minimum absolute atomic E-state index is 0.00961. The molecule has 0 amide bonds. The van der Waals surface area contributed by atoms with E-state index in [0.29, 0.717) is 39.6 Å². The van der Waals surface area contributed by atoms with Gasteiger partial charge >= 0.3 is 0 Å². The van der Waals surface area contributed by atoms with Gasteiger partial charge in [-0.2, -0.15) is 0 Å². The molecule has 0 bridgehead atoms. The van der Waals surface area contributed by atoms with Crippen molar-refractivity contribution in [2.45, 2.75) is 6.54 Å². The minimum Gasteiger partial charge on any atom is -0.382 e. The Bertz CT molecular complexity index is 439. The summed E-state index contributed by atoms with van der Waals surface area (Å²) in [6.07, 6.45) is 1.34. The van der Waals surface area contributed by atoms with Gasteiger partial charge < -0.3 is 14.2 Å². The van der Waals surface area contributed by atoms with Gasteiger partial charge in [-0.1, -0.05) is 23.2 Å². The molecule has 8 heteroatoms. The molecule has 0 fully saturated rings. The number of ether oxygens (including phenoxy) is 3. The summed E-state index contributed by atoms with van der Waals surface area (Å²) in [5.74, 6) is 0. The normalized spacial score (nSPS) is 10.9. The van der Waals surface area contributed by atoms with Gasteiger partial charge in [0, 0.05) is 7.11 Å². The second-order valence-corrected chi connectivity index (χ2v) is 4.30. The van der Waals surface area contributed by atoms with Crippen molar-refractivity contribution >= 4 is 23.2 Å². The predicted molar refractivity (Wildman–Crippen MR) is 72.0 cm³/mol. The Balaban J connectivity index is 2.20. The zero-order chi connectivity index (χ0) is 14.1. The number of nitrogens with zero attached hydrogens (tertiary/aromatic N) is 2. The molecule has 0 atom stereocenters. The third-order valence-corrected chi connectivity index (χ3v) is 2.94. The first kappa shape index (κ1) is 16.4. The van der Waals surface area contributed by atoms with Gasteiger partial charge in [-0.05, 0) is 0 Å². The zero-order valence-corrected chi connectivity index (χ0v) is 12.1. The molecular weight excluding hydrogens is 295 g/mol. The highest BCUT2D eigenvalue weighted by atomic mass is 35.5. The lowest BCUT2D eigenvalue weighted by Crippen LogP contribution is -2.23. The lowest BCUT2D eigenvalue weighted by Gasteiger charge is -2.07. The smallest absolute Gasteiger partial charge is 0.273 e. The lowest BCUT2D eigenvalue weighted by molar-refractivity contribution is 0.0228. The summed E-state index contributed by atoms with van der Waals surface area (Å²) in [5, 5.41) is -0.0672. The van der Waals surface area contributed by atoms with Crippen LogP contribution in [0.15, 0.2) is 11.1 Å². The summed E-state index contributed by atoms with van der Waals surface area (Å²) in [6, 6.07) is 0. The van der Waals surface area contributed by atoms with Crippen LogP contribution in [0.5, 0.6) is 0 Å². The quantitative estimate of drug-likeness (QED) is 0.507. The molecule has 0 aliphatic carbocycles. The maximum atomic E-state index is 11.6. The second kappa shape index (κ2) is 9.28. The molecule has 0 N–H and O–H groups in total. The van der Waals surface area contributed by atoms with Crippen LogP contribution in [0.4, 0.5) is 0 Å². The van der Waals surface area contributed by atoms with Gasteiger partial charge in [-0.25, -0.2) is 4.98 Å². The van der Waals surface area contributed by atoms with Gasteiger partial charge in [0.2, 0.25) is 0 Å². The van der Waals surface area contributed by atoms with Gasteiger partial charge in [0.1, 0.15) is 5.02 Å². The van der Waals surface area contributed by atoms with Crippen LogP contribution >= 0.6 is 23.2 Å². The number of hydrogen-bond donors (Lipinski definition) is 0. The Morgan fingerprint density at radius 2 is 1.79 bits per heavy atom. The molecule has 0 radical (unpaired) electrons. The van der Waals surface area contributed by atoms with E-state index in [1.807, 2.05) is 0 Å². The van der Waals surface area contributed by atoms with Crippen LogP contribution in [0.3, 0.4) is 0 Å². The van der Waals surface area contributed by atoms with Crippen molar-refractivity contribution in [1.29, 1.82) is 0 Å². The summed E-state index contributed by atoms with van der Waals surface area (Å²) in [6.45, 7) is 2.76. The minimum atomic E-state index is -0.374. The number of aromatic nitrogens is 2. The summed E-state index contributed by atoms with van der Waals surface area (Å²) >= 11 is 11.3. The first-order chi connectivity index (χ1) is 9.16. The summed E-state index contributed by atoms with van der Waals surface area (Å²) in [5.41, 5.74) is -0.374. The Kier molecular flexibility index (Phi) is 8.00. The molecule has 0 aromatic carbocycles. The largest absolute Gasteiger partial charge is 0.382 e. The topological polar surface area (TPSA) is 62.6 Å². The van der Waals surface area contributed by atoms with Crippen molar-refractivity contribution in [1.82, 2.24) is 9.55 Å². The number of rotatable bonds is 9. The molecule has 0 saturated carbocycles. The second-order valence-electron chi connectivity index (χ2n) is 3.57. The molecular formula is C11H16Cl2N2O4. The average Bonchev–Trinajstić information content (AvgIpc) is 2.41. The first-order valence-corrected chi connectivity index (χ1v) is 6.47. The molecule has 1 heterocycles. The van der Waals surface area contributed by atoms with Crippen LogP contribution in [0, 0.1) is 0 Å². The molecule has 1 rings (SSSR count). The molecule has 0 aliphatic heterocycles. The monoisotopic (exact) mass is 310 g/mol. The maximum Gasteiger partial charge on any atom is 0.273 e. The van der Waals surface area contributed by atoms with E-state index in [-0.39, 0.29) is 15.7 Å². The highest BCUT2D eigenvalue weighted by molar-refractivity contribution is 6.40.